The van der Waals surface area contributed by atoms with Gasteiger partial charge in [0.25, 0.3) is 12.0 Å². The summed E-state index contributed by atoms with van der Waals surface area (Å²) in [5.41, 5.74) is 0.0283. The van der Waals surface area contributed by atoms with Gasteiger partial charge in [0.2, 0.25) is 0 Å². The summed E-state index contributed by atoms with van der Waals surface area (Å²) in [5.74, 6) is -1.33. The molecule has 2 N–H and O–H groups in total. The third kappa shape index (κ3) is 7.07. The van der Waals surface area contributed by atoms with Crippen molar-refractivity contribution in [2.45, 2.75) is 69.5 Å². The van der Waals surface area contributed by atoms with Gasteiger partial charge >= 0.3 is 18.4 Å². The first kappa shape index (κ1) is 31.1. The lowest BCUT2D eigenvalue weighted by Crippen LogP contribution is -2.40. The normalized spacial score (nSPS) is 20.2. The molecule has 238 valence electrons. The van der Waals surface area contributed by atoms with Crippen LogP contribution in [0.1, 0.15) is 65.6 Å². The number of rotatable bonds is 8. The molecule has 5 rings (SSSR count). The zero-order chi connectivity index (χ0) is 31.8. The fraction of sp³-hybridized carbons (Fsp3) is 0.520. The maximum Gasteiger partial charge on any atom is 0.410 e. The van der Waals surface area contributed by atoms with Crippen molar-refractivity contribution in [1.82, 2.24) is 40.4 Å². The number of carbonyl (C=O) groups is 2. The summed E-state index contributed by atoms with van der Waals surface area (Å²) in [7, 11) is 0. The van der Waals surface area contributed by atoms with Crippen molar-refractivity contribution in [3.05, 3.63) is 52.8 Å². The summed E-state index contributed by atoms with van der Waals surface area (Å²) < 4.78 is 110. The van der Waals surface area contributed by atoms with E-state index in [0.717, 1.165) is 4.90 Å². The van der Waals surface area contributed by atoms with Gasteiger partial charge in [-0.2, -0.15) is 40.2 Å². The second-order valence-electron chi connectivity index (χ2n) is 10.6. The standard InChI is InChI=1S/C25H24F8N8O3/c26-21(27)14-3-1-13(2-4-14)19(37-22(42)20-15(38-44-39-20)5-6-24(28,29)30)16-10-41-18(35-16)7-12(8-34-41)9-40-11-17(25(31,32)33)36-23(40)43/h7-8,10,13,17,19H,1-6,9,11H2,(H,36,43)(H,37,42)/t17-,19-/m0/s1. The van der Waals surface area contributed by atoms with Crippen LogP contribution in [0.4, 0.5) is 39.9 Å². The lowest BCUT2D eigenvalue weighted by atomic mass is 9.80. The number of halogens is 8. The first-order chi connectivity index (χ1) is 20.7. The van der Waals surface area contributed by atoms with Crippen LogP contribution in [0.15, 0.2) is 34.7 Å². The average molecular weight is 637 g/mol. The molecule has 3 amide bonds. The van der Waals surface area contributed by atoms with Crippen LogP contribution in [0, 0.1) is 5.92 Å². The van der Waals surface area contributed by atoms with E-state index in [-0.39, 0.29) is 54.8 Å². The van der Waals surface area contributed by atoms with Crippen LogP contribution in [0.2, 0.25) is 0 Å². The fourth-order valence-electron chi connectivity index (χ4n) is 5.26. The van der Waals surface area contributed by atoms with E-state index in [2.05, 4.69) is 30.3 Å². The number of nitrogens with one attached hydrogen (secondary N) is 2. The van der Waals surface area contributed by atoms with Crippen LogP contribution in [0.3, 0.4) is 0 Å². The van der Waals surface area contributed by atoms with E-state index in [4.69, 9.17) is 0 Å². The summed E-state index contributed by atoms with van der Waals surface area (Å²) >= 11 is 0. The second-order valence-corrected chi connectivity index (χ2v) is 10.6. The Morgan fingerprint density at radius 1 is 1.14 bits per heavy atom. The molecule has 4 heterocycles. The Hall–Kier alpha value is -4.32. The summed E-state index contributed by atoms with van der Waals surface area (Å²) in [6, 6.07) is -2.34. The number of hydrogen-bond acceptors (Lipinski definition) is 7. The number of carbonyl (C=O) groups excluding carboxylic acids is 2. The quantitative estimate of drug-likeness (QED) is 0.338. The highest BCUT2D eigenvalue weighted by atomic mass is 19.4. The van der Waals surface area contributed by atoms with Crippen molar-refractivity contribution in [2.75, 3.05) is 6.54 Å². The molecule has 3 aromatic heterocycles. The van der Waals surface area contributed by atoms with Crippen LogP contribution in [-0.4, -0.2) is 66.7 Å². The van der Waals surface area contributed by atoms with Gasteiger partial charge in [0, 0.05) is 19.4 Å². The summed E-state index contributed by atoms with van der Waals surface area (Å²) in [4.78, 5) is 30.7. The fourth-order valence-corrected chi connectivity index (χ4v) is 5.26. The van der Waals surface area contributed by atoms with Gasteiger partial charge in [-0.05, 0) is 54.0 Å². The number of aryl methyl sites for hydroxylation is 1. The Kier molecular flexibility index (Phi) is 8.48. The third-order valence-corrected chi connectivity index (χ3v) is 7.55. The first-order valence-electron chi connectivity index (χ1n) is 13.4. The van der Waals surface area contributed by atoms with Crippen LogP contribution >= 0.6 is 0 Å². The predicted octanol–water partition coefficient (Wildman–Crippen LogP) is 4.88. The van der Waals surface area contributed by atoms with Crippen LogP contribution in [0.5, 0.6) is 0 Å². The van der Waals surface area contributed by atoms with Gasteiger partial charge in [0.15, 0.2) is 11.3 Å². The number of alkyl halides is 6. The molecule has 0 aromatic carbocycles. The minimum Gasteiger partial charge on any atom is -0.342 e. The minimum absolute atomic E-state index is 0.0125. The molecule has 1 saturated heterocycles. The number of allylic oxidation sites excluding steroid dienone is 1. The predicted molar refractivity (Wildman–Crippen MR) is 132 cm³/mol. The van der Waals surface area contributed by atoms with Gasteiger partial charge in [0.05, 0.1) is 30.7 Å². The molecular weight excluding hydrogens is 612 g/mol. The smallest absolute Gasteiger partial charge is 0.342 e. The summed E-state index contributed by atoms with van der Waals surface area (Å²) in [6.45, 7) is -0.794. The Bertz CT molecular complexity index is 1550. The van der Waals surface area contributed by atoms with Gasteiger partial charge in [-0.25, -0.2) is 18.9 Å². The second kappa shape index (κ2) is 12.0. The van der Waals surface area contributed by atoms with Gasteiger partial charge < -0.3 is 15.5 Å². The third-order valence-electron chi connectivity index (χ3n) is 7.55. The van der Waals surface area contributed by atoms with E-state index in [1.54, 1.807) is 0 Å². The maximum atomic E-state index is 13.2. The lowest BCUT2D eigenvalue weighted by molar-refractivity contribution is -0.149. The van der Waals surface area contributed by atoms with E-state index in [9.17, 15) is 44.7 Å². The molecule has 44 heavy (non-hydrogen) atoms. The minimum atomic E-state index is -4.61. The topological polar surface area (TPSA) is 131 Å². The molecule has 2 atom stereocenters. The Morgan fingerprint density at radius 2 is 1.86 bits per heavy atom. The highest BCUT2D eigenvalue weighted by molar-refractivity contribution is 5.93. The number of amides is 3. The van der Waals surface area contributed by atoms with E-state index < -0.39 is 73.5 Å². The van der Waals surface area contributed by atoms with Crippen molar-refractivity contribution >= 4 is 17.6 Å². The monoisotopic (exact) mass is 636 g/mol. The van der Waals surface area contributed by atoms with E-state index in [1.165, 1.54) is 23.0 Å². The molecule has 19 heteroatoms. The molecule has 0 spiro atoms. The Morgan fingerprint density at radius 3 is 2.50 bits per heavy atom. The number of imidazole rings is 1. The van der Waals surface area contributed by atoms with Gasteiger partial charge in [-0.15, -0.1) is 0 Å². The van der Waals surface area contributed by atoms with Gasteiger partial charge in [-0.3, -0.25) is 4.79 Å². The summed E-state index contributed by atoms with van der Waals surface area (Å²) in [5, 5.41) is 15.6. The van der Waals surface area contributed by atoms with Crippen LogP contribution in [-0.2, 0) is 13.0 Å². The molecule has 1 aliphatic carbocycles. The van der Waals surface area contributed by atoms with E-state index in [1.807, 2.05) is 5.32 Å². The molecule has 0 bridgehead atoms. The number of hydrogen-bond donors (Lipinski definition) is 2. The molecule has 0 radical (unpaired) electrons. The van der Waals surface area contributed by atoms with Gasteiger partial charge in [-0.1, -0.05) is 5.16 Å². The Balaban J connectivity index is 1.38. The van der Waals surface area contributed by atoms with Crippen LogP contribution < -0.4 is 10.6 Å². The molecule has 2 fully saturated rings. The SMILES string of the molecule is O=C(N[C@H](c1cn2ncc(CN3C[C@@H](C(F)(F)F)NC3=O)cc2n1)C1CCC(=C(F)F)CC1)c1nonc1CCC(F)(F)F. The number of aromatic nitrogens is 5. The number of fused-ring (bicyclic) bond motifs is 1. The van der Waals surface area contributed by atoms with Crippen molar-refractivity contribution in [2.24, 2.45) is 5.92 Å². The number of urea groups is 1. The van der Waals surface area contributed by atoms with Crippen molar-refractivity contribution in [1.29, 1.82) is 0 Å². The zero-order valence-corrected chi connectivity index (χ0v) is 22.6. The van der Waals surface area contributed by atoms with E-state index >= 15 is 0 Å². The highest BCUT2D eigenvalue weighted by Crippen LogP contribution is 2.38. The molecule has 1 aliphatic heterocycles. The molecule has 3 aromatic rings. The van der Waals surface area contributed by atoms with Crippen molar-refractivity contribution in [3.8, 4) is 0 Å². The lowest BCUT2D eigenvalue weighted by Gasteiger charge is -2.30. The van der Waals surface area contributed by atoms with Crippen molar-refractivity contribution in [3.63, 3.8) is 0 Å². The first-order valence-corrected chi connectivity index (χ1v) is 13.4. The largest absolute Gasteiger partial charge is 0.410 e. The molecular formula is C25H24F8N8O3. The highest BCUT2D eigenvalue weighted by Gasteiger charge is 2.46. The van der Waals surface area contributed by atoms with Crippen LogP contribution in [0.25, 0.3) is 5.65 Å². The Labute approximate surface area is 242 Å². The van der Waals surface area contributed by atoms with Gasteiger partial charge in [0.1, 0.15) is 11.7 Å². The molecule has 1 saturated carbocycles. The molecule has 11 nitrogen and oxygen atoms in total. The average Bonchev–Trinajstić information content (AvgIpc) is 3.68. The summed E-state index contributed by atoms with van der Waals surface area (Å²) in [6.07, 6.45) is -9.49. The van der Waals surface area contributed by atoms with Crippen molar-refractivity contribution < 1.29 is 49.3 Å². The number of nitrogens with zero attached hydrogens (tertiary/aromatic N) is 6. The zero-order valence-electron chi connectivity index (χ0n) is 22.6. The molecule has 0 unspecified atom stereocenters. The maximum absolute atomic E-state index is 13.2. The van der Waals surface area contributed by atoms with E-state index in [0.29, 0.717) is 5.56 Å². The molecule has 2 aliphatic rings.